The second kappa shape index (κ2) is 7.19. The second-order valence-electron chi connectivity index (χ2n) is 6.33. The molecular formula is C20H16F2O5. The zero-order valence-electron chi connectivity index (χ0n) is 14.6. The number of halogens is 2. The zero-order valence-corrected chi connectivity index (χ0v) is 14.6. The molecule has 1 fully saturated rings. The van der Waals surface area contributed by atoms with Gasteiger partial charge in [0.1, 0.15) is 29.6 Å². The van der Waals surface area contributed by atoms with Gasteiger partial charge in [0.15, 0.2) is 0 Å². The van der Waals surface area contributed by atoms with Crippen molar-refractivity contribution in [2.45, 2.75) is 26.2 Å². The van der Waals surface area contributed by atoms with Crippen molar-refractivity contribution in [3.05, 3.63) is 70.8 Å². The summed E-state index contributed by atoms with van der Waals surface area (Å²) < 4.78 is 42.4. The van der Waals surface area contributed by atoms with Crippen LogP contribution >= 0.6 is 0 Å². The minimum absolute atomic E-state index is 0.0698. The highest BCUT2D eigenvalue weighted by atomic mass is 19.1. The number of rotatable bonds is 4. The topological polar surface area (TPSA) is 61.8 Å². The predicted molar refractivity (Wildman–Crippen MR) is 91.4 cm³/mol. The van der Waals surface area contributed by atoms with E-state index >= 15 is 0 Å². The van der Waals surface area contributed by atoms with E-state index in [9.17, 15) is 18.4 Å². The van der Waals surface area contributed by atoms with E-state index in [-0.39, 0.29) is 17.7 Å². The van der Waals surface area contributed by atoms with E-state index in [4.69, 9.17) is 14.2 Å². The molecular weight excluding hydrogens is 358 g/mol. The van der Waals surface area contributed by atoms with Crippen LogP contribution in [-0.2, 0) is 25.7 Å². The third-order valence-electron chi connectivity index (χ3n) is 3.69. The van der Waals surface area contributed by atoms with Crippen LogP contribution in [0.3, 0.4) is 0 Å². The van der Waals surface area contributed by atoms with Crippen LogP contribution < -0.4 is 4.74 Å². The van der Waals surface area contributed by atoms with Crippen molar-refractivity contribution in [2.75, 3.05) is 0 Å². The molecule has 1 saturated heterocycles. The summed E-state index contributed by atoms with van der Waals surface area (Å²) in [6, 6.07) is 9.53. The largest absolute Gasteiger partial charge is 0.489 e. The van der Waals surface area contributed by atoms with E-state index in [2.05, 4.69) is 0 Å². The van der Waals surface area contributed by atoms with Crippen LogP contribution in [0.25, 0.3) is 6.08 Å². The summed E-state index contributed by atoms with van der Waals surface area (Å²) in [7, 11) is 0. The van der Waals surface area contributed by atoms with Gasteiger partial charge in [0, 0.05) is 19.4 Å². The molecule has 0 amide bonds. The maximum Gasteiger partial charge on any atom is 0.348 e. The lowest BCUT2D eigenvalue weighted by Gasteiger charge is -2.29. The first-order chi connectivity index (χ1) is 12.7. The Morgan fingerprint density at radius 3 is 2.44 bits per heavy atom. The normalized spacial score (nSPS) is 15.8. The van der Waals surface area contributed by atoms with Crippen molar-refractivity contribution in [3.63, 3.8) is 0 Å². The number of benzene rings is 2. The minimum atomic E-state index is -1.31. The molecule has 0 N–H and O–H groups in total. The Morgan fingerprint density at radius 1 is 1.04 bits per heavy atom. The lowest BCUT2D eigenvalue weighted by molar-refractivity contribution is -0.222. The molecule has 27 heavy (non-hydrogen) atoms. The molecule has 0 atom stereocenters. The van der Waals surface area contributed by atoms with E-state index in [1.54, 1.807) is 24.3 Å². The monoisotopic (exact) mass is 374 g/mol. The Labute approximate surface area is 154 Å². The Kier molecular flexibility index (Phi) is 4.94. The fraction of sp³-hybridized carbons (Fsp3) is 0.200. The zero-order chi connectivity index (χ0) is 19.6. The fourth-order valence-electron chi connectivity index (χ4n) is 2.45. The van der Waals surface area contributed by atoms with Crippen LogP contribution in [0.4, 0.5) is 8.78 Å². The number of hydrogen-bond donors (Lipinski definition) is 0. The van der Waals surface area contributed by atoms with Crippen LogP contribution in [0.15, 0.2) is 48.0 Å². The van der Waals surface area contributed by atoms with Crippen LogP contribution in [0.2, 0.25) is 0 Å². The summed E-state index contributed by atoms with van der Waals surface area (Å²) in [5.41, 5.74) is 0.305. The van der Waals surface area contributed by atoms with E-state index in [0.29, 0.717) is 11.3 Å². The van der Waals surface area contributed by atoms with Gasteiger partial charge in [-0.05, 0) is 42.0 Å². The highest BCUT2D eigenvalue weighted by Gasteiger charge is 2.38. The van der Waals surface area contributed by atoms with E-state index in [1.807, 2.05) is 0 Å². The molecule has 2 aromatic rings. The molecule has 5 nitrogen and oxygen atoms in total. The summed E-state index contributed by atoms with van der Waals surface area (Å²) in [4.78, 5) is 24.0. The number of carbonyl (C=O) groups excluding carboxylic acids is 2. The van der Waals surface area contributed by atoms with Gasteiger partial charge >= 0.3 is 11.9 Å². The Balaban J connectivity index is 1.77. The highest BCUT2D eigenvalue weighted by molar-refractivity contribution is 6.18. The van der Waals surface area contributed by atoms with E-state index < -0.39 is 29.4 Å². The average molecular weight is 374 g/mol. The first-order valence-corrected chi connectivity index (χ1v) is 8.09. The molecule has 7 heteroatoms. The maximum atomic E-state index is 13.7. The summed E-state index contributed by atoms with van der Waals surface area (Å²) >= 11 is 0. The Morgan fingerprint density at radius 2 is 1.74 bits per heavy atom. The molecule has 2 aromatic carbocycles. The number of esters is 2. The average Bonchev–Trinajstić information content (AvgIpc) is 2.58. The number of hydrogen-bond acceptors (Lipinski definition) is 5. The second-order valence-corrected chi connectivity index (χ2v) is 6.33. The third kappa shape index (κ3) is 4.49. The highest BCUT2D eigenvalue weighted by Crippen LogP contribution is 2.25. The van der Waals surface area contributed by atoms with Crippen molar-refractivity contribution in [3.8, 4) is 5.75 Å². The molecule has 0 spiro atoms. The third-order valence-corrected chi connectivity index (χ3v) is 3.69. The maximum absolute atomic E-state index is 13.7. The van der Waals surface area contributed by atoms with Gasteiger partial charge in [-0.2, -0.15) is 0 Å². The summed E-state index contributed by atoms with van der Waals surface area (Å²) in [5, 5.41) is 0. The molecule has 0 bridgehead atoms. The molecule has 1 heterocycles. The molecule has 0 saturated carbocycles. The van der Waals surface area contributed by atoms with Crippen molar-refractivity contribution >= 4 is 18.0 Å². The molecule has 3 rings (SSSR count). The first kappa shape index (κ1) is 18.6. The Bertz CT molecular complexity index is 912. The molecule has 1 aliphatic heterocycles. The molecule has 140 valence electrons. The van der Waals surface area contributed by atoms with E-state index in [0.717, 1.165) is 18.2 Å². The molecule has 0 aliphatic carbocycles. The Hall–Kier alpha value is -3.22. The van der Waals surface area contributed by atoms with Crippen LogP contribution in [0, 0.1) is 11.6 Å². The van der Waals surface area contributed by atoms with Crippen LogP contribution in [-0.4, -0.2) is 17.7 Å². The van der Waals surface area contributed by atoms with Gasteiger partial charge in [-0.1, -0.05) is 12.1 Å². The lowest BCUT2D eigenvalue weighted by Crippen LogP contribution is -2.41. The van der Waals surface area contributed by atoms with Crippen LogP contribution in [0.1, 0.15) is 25.0 Å². The van der Waals surface area contributed by atoms with Crippen molar-refractivity contribution in [1.29, 1.82) is 0 Å². The SMILES string of the molecule is CC1(C)OC(=O)C(=Cc2cccc(OCc3cc(F)ccc3F)c2)C(=O)O1. The van der Waals surface area contributed by atoms with Crippen molar-refractivity contribution in [2.24, 2.45) is 0 Å². The minimum Gasteiger partial charge on any atom is -0.489 e. The van der Waals surface area contributed by atoms with Crippen molar-refractivity contribution in [1.82, 2.24) is 0 Å². The summed E-state index contributed by atoms with van der Waals surface area (Å²) in [6.45, 7) is 2.74. The van der Waals surface area contributed by atoms with Gasteiger partial charge < -0.3 is 14.2 Å². The predicted octanol–water partition coefficient (Wildman–Crippen LogP) is 3.76. The smallest absolute Gasteiger partial charge is 0.348 e. The van der Waals surface area contributed by atoms with Gasteiger partial charge in [0.2, 0.25) is 0 Å². The van der Waals surface area contributed by atoms with Gasteiger partial charge in [-0.25, -0.2) is 18.4 Å². The van der Waals surface area contributed by atoms with Gasteiger partial charge in [0.25, 0.3) is 5.79 Å². The standard InChI is InChI=1S/C20H16F2O5/c1-20(2)26-18(23)16(19(24)27-20)9-12-4-3-5-15(8-12)25-11-13-10-14(21)6-7-17(13)22/h3-10H,11H2,1-2H3. The summed E-state index contributed by atoms with van der Waals surface area (Å²) in [6.07, 6.45) is 1.32. The van der Waals surface area contributed by atoms with Gasteiger partial charge in [0.05, 0.1) is 0 Å². The molecule has 0 unspecified atom stereocenters. The molecule has 0 radical (unpaired) electrons. The van der Waals surface area contributed by atoms with Crippen molar-refractivity contribution < 1.29 is 32.6 Å². The number of carbonyl (C=O) groups is 2. The molecule has 1 aliphatic rings. The number of cyclic esters (lactones) is 2. The van der Waals surface area contributed by atoms with Crippen LogP contribution in [0.5, 0.6) is 5.75 Å². The summed E-state index contributed by atoms with van der Waals surface area (Å²) in [5.74, 6) is -3.68. The van der Waals surface area contributed by atoms with Gasteiger partial charge in [-0.3, -0.25) is 0 Å². The van der Waals surface area contributed by atoms with Gasteiger partial charge in [-0.15, -0.1) is 0 Å². The number of ether oxygens (including phenoxy) is 3. The lowest BCUT2D eigenvalue weighted by atomic mass is 10.1. The molecule has 0 aromatic heterocycles. The fourth-order valence-corrected chi connectivity index (χ4v) is 2.45. The first-order valence-electron chi connectivity index (χ1n) is 8.09. The van der Waals surface area contributed by atoms with E-state index in [1.165, 1.54) is 19.9 Å². The quantitative estimate of drug-likeness (QED) is 0.463.